The molecule has 1 fully saturated rings. The van der Waals surface area contributed by atoms with Crippen LogP contribution < -0.4 is 14.8 Å². The molecule has 0 bridgehead atoms. The molecule has 1 N–H and O–H groups in total. The normalized spacial score (nSPS) is 15.9. The van der Waals surface area contributed by atoms with Crippen molar-refractivity contribution in [3.8, 4) is 17.4 Å². The van der Waals surface area contributed by atoms with Gasteiger partial charge in [0.05, 0.1) is 23.9 Å². The number of ether oxygens (including phenoxy) is 2. The molecule has 4 rings (SSSR count). The topological polar surface area (TPSA) is 85.7 Å². The number of rotatable bonds is 5. The third-order valence-corrected chi connectivity index (χ3v) is 5.10. The van der Waals surface area contributed by atoms with E-state index in [1.807, 2.05) is 0 Å². The molecule has 0 aliphatic carbocycles. The number of amidine groups is 1. The van der Waals surface area contributed by atoms with Crippen LogP contribution in [-0.2, 0) is 4.79 Å². The Kier molecular flexibility index (Phi) is 6.15. The highest BCUT2D eigenvalue weighted by atomic mass is 35.5. The van der Waals surface area contributed by atoms with E-state index in [1.54, 1.807) is 61.7 Å². The Morgan fingerprint density at radius 3 is 2.77 bits per heavy atom. The molecule has 0 spiro atoms. The van der Waals surface area contributed by atoms with Crippen molar-refractivity contribution < 1.29 is 18.7 Å². The van der Waals surface area contributed by atoms with Gasteiger partial charge in [0.2, 0.25) is 11.1 Å². The minimum atomic E-state index is -0.738. The standard InChI is InChI=1S/C21H14ClFN4O3S/c1-29-14-7-5-13(6-8-14)25-21-26-18(28)17(31-21)10-12-3-2-4-15(9-12)30-19-16(23)11-24-20(22)27-19/h2-11H,1H3,(H,25,26,28)/b17-10-. The first-order valence-electron chi connectivity index (χ1n) is 8.90. The number of amides is 1. The average Bonchev–Trinajstić information content (AvgIpc) is 3.10. The number of halogens is 2. The second-order valence-corrected chi connectivity index (χ2v) is 7.52. The van der Waals surface area contributed by atoms with Crippen molar-refractivity contribution in [3.05, 3.63) is 76.3 Å². The third-order valence-electron chi connectivity index (χ3n) is 4.01. The fraction of sp³-hybridized carbons (Fsp3) is 0.0476. The predicted molar refractivity (Wildman–Crippen MR) is 117 cm³/mol. The number of carbonyl (C=O) groups excluding carboxylic acids is 1. The molecular weight excluding hydrogens is 443 g/mol. The number of methoxy groups -OCH3 is 1. The quantitative estimate of drug-likeness (QED) is 0.431. The highest BCUT2D eigenvalue weighted by molar-refractivity contribution is 8.18. The van der Waals surface area contributed by atoms with Gasteiger partial charge < -0.3 is 14.8 Å². The number of carbonyl (C=O) groups is 1. The smallest absolute Gasteiger partial charge is 0.264 e. The van der Waals surface area contributed by atoms with E-state index >= 15 is 0 Å². The Labute approximate surface area is 186 Å². The minimum absolute atomic E-state index is 0.127. The summed E-state index contributed by atoms with van der Waals surface area (Å²) in [6, 6.07) is 13.9. The summed E-state index contributed by atoms with van der Waals surface area (Å²) >= 11 is 6.90. The van der Waals surface area contributed by atoms with Gasteiger partial charge in [0.15, 0.2) is 5.17 Å². The van der Waals surface area contributed by atoms with Crippen molar-refractivity contribution >= 4 is 46.2 Å². The Morgan fingerprint density at radius 2 is 2.00 bits per heavy atom. The zero-order valence-electron chi connectivity index (χ0n) is 16.0. The molecule has 0 unspecified atom stereocenters. The molecule has 1 amide bonds. The van der Waals surface area contributed by atoms with Crippen molar-refractivity contribution in [3.63, 3.8) is 0 Å². The monoisotopic (exact) mass is 456 g/mol. The highest BCUT2D eigenvalue weighted by Crippen LogP contribution is 2.30. The van der Waals surface area contributed by atoms with E-state index in [-0.39, 0.29) is 17.1 Å². The van der Waals surface area contributed by atoms with E-state index < -0.39 is 5.82 Å². The molecule has 0 atom stereocenters. The van der Waals surface area contributed by atoms with Gasteiger partial charge in [-0.25, -0.2) is 9.98 Å². The molecule has 1 aliphatic rings. The summed E-state index contributed by atoms with van der Waals surface area (Å²) < 4.78 is 24.4. The van der Waals surface area contributed by atoms with Crippen LogP contribution >= 0.6 is 23.4 Å². The zero-order valence-corrected chi connectivity index (χ0v) is 17.6. The van der Waals surface area contributed by atoms with Gasteiger partial charge >= 0.3 is 0 Å². The lowest BCUT2D eigenvalue weighted by Crippen LogP contribution is -2.19. The first-order valence-corrected chi connectivity index (χ1v) is 10.1. The van der Waals surface area contributed by atoms with Crippen molar-refractivity contribution in [1.29, 1.82) is 0 Å². The largest absolute Gasteiger partial charge is 0.497 e. The van der Waals surface area contributed by atoms with Crippen molar-refractivity contribution in [2.45, 2.75) is 0 Å². The zero-order chi connectivity index (χ0) is 21.8. The van der Waals surface area contributed by atoms with Gasteiger partial charge in [-0.05, 0) is 71.4 Å². The van der Waals surface area contributed by atoms with Crippen LogP contribution in [0.15, 0.2) is 64.6 Å². The van der Waals surface area contributed by atoms with Crippen LogP contribution in [0.2, 0.25) is 5.28 Å². The maximum Gasteiger partial charge on any atom is 0.264 e. The van der Waals surface area contributed by atoms with Crippen LogP contribution in [0.25, 0.3) is 6.08 Å². The Bertz CT molecular complexity index is 1200. The SMILES string of the molecule is COc1ccc(N=C2NC(=O)/C(=C/c3cccc(Oc4nc(Cl)ncc4F)c3)S2)cc1. The van der Waals surface area contributed by atoms with Crippen LogP contribution in [0.4, 0.5) is 10.1 Å². The van der Waals surface area contributed by atoms with Crippen LogP contribution in [0, 0.1) is 5.82 Å². The third kappa shape index (κ3) is 5.19. The summed E-state index contributed by atoms with van der Waals surface area (Å²) in [6.45, 7) is 0. The van der Waals surface area contributed by atoms with E-state index in [0.29, 0.717) is 27.1 Å². The van der Waals surface area contributed by atoms with E-state index in [1.165, 1.54) is 11.8 Å². The molecule has 1 aromatic heterocycles. The number of benzene rings is 2. The lowest BCUT2D eigenvalue weighted by atomic mass is 10.2. The van der Waals surface area contributed by atoms with E-state index in [4.69, 9.17) is 21.1 Å². The summed E-state index contributed by atoms with van der Waals surface area (Å²) in [6.07, 6.45) is 2.62. The maximum atomic E-state index is 13.8. The Balaban J connectivity index is 1.51. The molecule has 31 heavy (non-hydrogen) atoms. The minimum Gasteiger partial charge on any atom is -0.497 e. The predicted octanol–water partition coefficient (Wildman–Crippen LogP) is 4.96. The van der Waals surface area contributed by atoms with Gasteiger partial charge in [-0.2, -0.15) is 9.37 Å². The number of hydrogen-bond acceptors (Lipinski definition) is 7. The average molecular weight is 457 g/mol. The molecule has 3 aromatic rings. The first kappa shape index (κ1) is 20.8. The van der Waals surface area contributed by atoms with E-state index in [2.05, 4.69) is 20.3 Å². The molecule has 0 radical (unpaired) electrons. The number of hydrogen-bond donors (Lipinski definition) is 1. The Morgan fingerprint density at radius 1 is 1.19 bits per heavy atom. The lowest BCUT2D eigenvalue weighted by molar-refractivity contribution is -0.115. The highest BCUT2D eigenvalue weighted by Gasteiger charge is 2.23. The fourth-order valence-corrected chi connectivity index (χ4v) is 3.56. The summed E-state index contributed by atoms with van der Waals surface area (Å²) in [7, 11) is 1.59. The summed E-state index contributed by atoms with van der Waals surface area (Å²) in [5, 5.41) is 3.07. The molecule has 1 aliphatic heterocycles. The number of aromatic nitrogens is 2. The van der Waals surface area contributed by atoms with Gasteiger partial charge in [-0.3, -0.25) is 4.79 Å². The number of nitrogens with one attached hydrogen (secondary N) is 1. The molecule has 1 saturated heterocycles. The first-order chi connectivity index (χ1) is 15.0. The van der Waals surface area contributed by atoms with Gasteiger partial charge in [0.25, 0.3) is 11.8 Å². The maximum absolute atomic E-state index is 13.8. The van der Waals surface area contributed by atoms with Crippen LogP contribution in [0.5, 0.6) is 17.4 Å². The molecule has 7 nitrogen and oxygen atoms in total. The molecule has 156 valence electrons. The molecule has 2 aromatic carbocycles. The summed E-state index contributed by atoms with van der Waals surface area (Å²) in [5.41, 5.74) is 1.37. The van der Waals surface area contributed by atoms with Crippen LogP contribution in [0.3, 0.4) is 0 Å². The fourth-order valence-electron chi connectivity index (χ4n) is 2.59. The van der Waals surface area contributed by atoms with Crippen molar-refractivity contribution in [2.24, 2.45) is 4.99 Å². The van der Waals surface area contributed by atoms with E-state index in [9.17, 15) is 9.18 Å². The van der Waals surface area contributed by atoms with Gasteiger partial charge in [0.1, 0.15) is 11.5 Å². The van der Waals surface area contributed by atoms with Crippen LogP contribution in [0.1, 0.15) is 5.56 Å². The second kappa shape index (κ2) is 9.15. The number of nitrogens with zero attached hydrogens (tertiary/aromatic N) is 3. The summed E-state index contributed by atoms with van der Waals surface area (Å²) in [4.78, 5) is 24.5. The van der Waals surface area contributed by atoms with Crippen molar-refractivity contribution in [1.82, 2.24) is 15.3 Å². The van der Waals surface area contributed by atoms with Gasteiger partial charge in [-0.1, -0.05) is 12.1 Å². The molecule has 10 heteroatoms. The van der Waals surface area contributed by atoms with Crippen LogP contribution in [-0.4, -0.2) is 28.2 Å². The number of aliphatic imine (C=N–C) groups is 1. The van der Waals surface area contributed by atoms with Gasteiger partial charge in [-0.15, -0.1) is 0 Å². The molecular formula is C21H14ClFN4O3S. The van der Waals surface area contributed by atoms with Crippen molar-refractivity contribution in [2.75, 3.05) is 7.11 Å². The van der Waals surface area contributed by atoms with Gasteiger partial charge in [0, 0.05) is 0 Å². The number of thioether (sulfide) groups is 1. The molecule has 0 saturated carbocycles. The Hall–Kier alpha value is -3.43. The second-order valence-electron chi connectivity index (χ2n) is 6.15. The molecule has 2 heterocycles. The summed E-state index contributed by atoms with van der Waals surface area (Å²) in [5.74, 6) is -0.236. The lowest BCUT2D eigenvalue weighted by Gasteiger charge is -2.06. The van der Waals surface area contributed by atoms with E-state index in [0.717, 1.165) is 11.9 Å².